The van der Waals surface area contributed by atoms with E-state index in [0.29, 0.717) is 23.7 Å². The van der Waals surface area contributed by atoms with Crippen LogP contribution in [0.15, 0.2) is 24.3 Å². The molecule has 2 amide bonds. The number of benzene rings is 1. The van der Waals surface area contributed by atoms with Crippen LogP contribution in [0.5, 0.6) is 0 Å². The predicted molar refractivity (Wildman–Crippen MR) is 107 cm³/mol. The first-order chi connectivity index (χ1) is 13.5. The average Bonchev–Trinajstić information content (AvgIpc) is 3.06. The van der Waals surface area contributed by atoms with Gasteiger partial charge in [-0.25, -0.2) is 0 Å². The van der Waals surface area contributed by atoms with Crippen molar-refractivity contribution >= 4 is 23.4 Å². The number of piperazine rings is 1. The molecule has 2 saturated heterocycles. The van der Waals surface area contributed by atoms with Crippen molar-refractivity contribution in [1.29, 1.82) is 0 Å². The number of amides is 2. The monoisotopic (exact) mass is 405 g/mol. The van der Waals surface area contributed by atoms with Crippen LogP contribution in [0.3, 0.4) is 0 Å². The highest BCUT2D eigenvalue weighted by Crippen LogP contribution is 2.42. The van der Waals surface area contributed by atoms with Gasteiger partial charge in [-0.2, -0.15) is 0 Å². The second-order valence-electron chi connectivity index (χ2n) is 8.12. The molecular formula is C21H28ClN3O3. The quantitative estimate of drug-likeness (QED) is 0.759. The summed E-state index contributed by atoms with van der Waals surface area (Å²) in [7, 11) is 2.06. The van der Waals surface area contributed by atoms with Crippen LogP contribution in [-0.2, 0) is 9.53 Å². The number of likely N-dealkylation sites (N-methyl/N-ethyl adjacent to an activating group) is 1. The molecule has 0 radical (unpaired) electrons. The Labute approximate surface area is 171 Å². The van der Waals surface area contributed by atoms with E-state index in [1.807, 2.05) is 11.0 Å². The van der Waals surface area contributed by atoms with Crippen LogP contribution in [0.4, 0.5) is 0 Å². The number of halogens is 1. The largest absolute Gasteiger partial charge is 0.353 e. The molecule has 6 nitrogen and oxygen atoms in total. The minimum Gasteiger partial charge on any atom is -0.353 e. The number of carbonyl (C=O) groups excluding carboxylic acids is 2. The SMILES string of the molecule is CN1CCN(C(=O)[C@@H]2COC3(CCCCC3)N2C(=O)c2ccccc2Cl)CC1. The smallest absolute Gasteiger partial charge is 0.258 e. The summed E-state index contributed by atoms with van der Waals surface area (Å²) in [6, 6.07) is 6.49. The third kappa shape index (κ3) is 3.53. The van der Waals surface area contributed by atoms with Crippen molar-refractivity contribution in [2.24, 2.45) is 0 Å². The van der Waals surface area contributed by atoms with Gasteiger partial charge in [0.2, 0.25) is 5.91 Å². The van der Waals surface area contributed by atoms with Gasteiger partial charge in [-0.05, 0) is 44.9 Å². The molecule has 4 rings (SSSR count). The van der Waals surface area contributed by atoms with Crippen molar-refractivity contribution in [1.82, 2.24) is 14.7 Å². The highest BCUT2D eigenvalue weighted by Gasteiger charge is 2.53. The van der Waals surface area contributed by atoms with Crippen molar-refractivity contribution < 1.29 is 14.3 Å². The van der Waals surface area contributed by atoms with Gasteiger partial charge in [0.05, 0.1) is 17.2 Å². The van der Waals surface area contributed by atoms with E-state index in [-0.39, 0.29) is 18.4 Å². The molecule has 1 spiro atoms. The zero-order valence-corrected chi connectivity index (χ0v) is 17.2. The lowest BCUT2D eigenvalue weighted by atomic mass is 9.89. The highest BCUT2D eigenvalue weighted by molar-refractivity contribution is 6.33. The third-order valence-electron chi connectivity index (χ3n) is 6.32. The lowest BCUT2D eigenvalue weighted by Crippen LogP contribution is -2.59. The van der Waals surface area contributed by atoms with Gasteiger partial charge in [0.15, 0.2) is 0 Å². The molecule has 0 unspecified atom stereocenters. The molecule has 3 fully saturated rings. The molecule has 1 aromatic rings. The maximum atomic E-state index is 13.6. The van der Waals surface area contributed by atoms with Crippen LogP contribution in [0.2, 0.25) is 5.02 Å². The fourth-order valence-electron chi connectivity index (χ4n) is 4.66. The topological polar surface area (TPSA) is 53.1 Å². The van der Waals surface area contributed by atoms with Gasteiger partial charge in [0.1, 0.15) is 11.8 Å². The fraction of sp³-hybridized carbons (Fsp3) is 0.619. The molecule has 1 saturated carbocycles. The Hall–Kier alpha value is -1.63. The first-order valence-electron chi connectivity index (χ1n) is 10.2. The van der Waals surface area contributed by atoms with E-state index in [4.69, 9.17) is 16.3 Å². The van der Waals surface area contributed by atoms with E-state index in [1.54, 1.807) is 23.1 Å². The van der Waals surface area contributed by atoms with Gasteiger partial charge < -0.3 is 14.5 Å². The summed E-state index contributed by atoms with van der Waals surface area (Å²) < 4.78 is 6.23. The van der Waals surface area contributed by atoms with E-state index in [9.17, 15) is 9.59 Å². The summed E-state index contributed by atoms with van der Waals surface area (Å²) in [5.41, 5.74) is -0.239. The molecule has 0 bridgehead atoms. The number of hydrogen-bond donors (Lipinski definition) is 0. The van der Waals surface area contributed by atoms with Crippen LogP contribution in [-0.4, -0.2) is 78.1 Å². The lowest BCUT2D eigenvalue weighted by molar-refractivity contribution is -0.138. The number of carbonyl (C=O) groups is 2. The zero-order valence-electron chi connectivity index (χ0n) is 16.4. The number of nitrogens with zero attached hydrogens (tertiary/aromatic N) is 3. The fourth-order valence-corrected chi connectivity index (χ4v) is 4.88. The van der Waals surface area contributed by atoms with E-state index in [0.717, 1.165) is 45.2 Å². The first-order valence-corrected chi connectivity index (χ1v) is 10.6. The molecule has 0 N–H and O–H groups in total. The molecule has 3 aliphatic rings. The molecule has 7 heteroatoms. The predicted octanol–water partition coefficient (Wildman–Crippen LogP) is 2.62. The Morgan fingerprint density at radius 1 is 1.07 bits per heavy atom. The Morgan fingerprint density at radius 3 is 2.43 bits per heavy atom. The van der Waals surface area contributed by atoms with Gasteiger partial charge in [0.25, 0.3) is 5.91 Å². The minimum absolute atomic E-state index is 0.00375. The second kappa shape index (κ2) is 8.01. The summed E-state index contributed by atoms with van der Waals surface area (Å²) in [6.45, 7) is 3.34. The average molecular weight is 406 g/mol. The van der Waals surface area contributed by atoms with E-state index in [2.05, 4.69) is 11.9 Å². The van der Waals surface area contributed by atoms with Crippen molar-refractivity contribution in [2.45, 2.75) is 43.9 Å². The Morgan fingerprint density at radius 2 is 1.75 bits per heavy atom. The minimum atomic E-state index is -0.679. The molecule has 28 heavy (non-hydrogen) atoms. The van der Waals surface area contributed by atoms with Gasteiger partial charge in [-0.15, -0.1) is 0 Å². The Balaban J connectivity index is 1.64. The van der Waals surface area contributed by atoms with Crippen LogP contribution in [0, 0.1) is 0 Å². The van der Waals surface area contributed by atoms with E-state index in [1.165, 1.54) is 0 Å². The molecule has 2 heterocycles. The number of rotatable bonds is 2. The standard InChI is InChI=1S/C21H28ClN3O3/c1-23-11-13-24(14-12-23)20(27)18-15-28-21(9-5-2-6-10-21)25(18)19(26)16-7-3-4-8-17(16)22/h3-4,7-8,18H,2,5-6,9-15H2,1H3/t18-/m0/s1. The summed E-state index contributed by atoms with van der Waals surface area (Å²) in [6.07, 6.45) is 4.69. The lowest BCUT2D eigenvalue weighted by Gasteiger charge is -2.42. The van der Waals surface area contributed by atoms with Gasteiger partial charge in [-0.1, -0.05) is 30.2 Å². The van der Waals surface area contributed by atoms with Crippen molar-refractivity contribution in [2.75, 3.05) is 39.8 Å². The first kappa shape index (κ1) is 19.7. The molecule has 1 aliphatic carbocycles. The van der Waals surface area contributed by atoms with E-state index >= 15 is 0 Å². The van der Waals surface area contributed by atoms with Crippen molar-refractivity contribution in [3.05, 3.63) is 34.9 Å². The Kier molecular flexibility index (Phi) is 5.63. The molecule has 152 valence electrons. The van der Waals surface area contributed by atoms with Crippen molar-refractivity contribution in [3.63, 3.8) is 0 Å². The molecule has 0 aromatic heterocycles. The number of ether oxygens (including phenoxy) is 1. The number of hydrogen-bond acceptors (Lipinski definition) is 4. The second-order valence-corrected chi connectivity index (χ2v) is 8.52. The van der Waals surface area contributed by atoms with Crippen LogP contribution in [0.25, 0.3) is 0 Å². The van der Waals surface area contributed by atoms with Gasteiger partial charge in [-0.3, -0.25) is 14.5 Å². The summed E-state index contributed by atoms with van der Waals surface area (Å²) >= 11 is 6.33. The molecule has 1 atom stereocenters. The maximum absolute atomic E-state index is 13.6. The Bertz CT molecular complexity index is 742. The molecular weight excluding hydrogens is 378 g/mol. The van der Waals surface area contributed by atoms with Crippen LogP contribution >= 0.6 is 11.6 Å². The molecule has 2 aliphatic heterocycles. The normalized spacial score (nSPS) is 25.3. The highest BCUT2D eigenvalue weighted by atomic mass is 35.5. The zero-order chi connectivity index (χ0) is 19.7. The summed E-state index contributed by atoms with van der Waals surface area (Å²) in [5.74, 6) is -0.201. The summed E-state index contributed by atoms with van der Waals surface area (Å²) in [4.78, 5) is 32.8. The summed E-state index contributed by atoms with van der Waals surface area (Å²) in [5, 5.41) is 0.413. The van der Waals surface area contributed by atoms with Crippen LogP contribution in [0.1, 0.15) is 42.5 Å². The maximum Gasteiger partial charge on any atom is 0.258 e. The van der Waals surface area contributed by atoms with Crippen LogP contribution < -0.4 is 0 Å². The molecule has 1 aromatic carbocycles. The van der Waals surface area contributed by atoms with Crippen molar-refractivity contribution in [3.8, 4) is 0 Å². The van der Waals surface area contributed by atoms with E-state index < -0.39 is 11.8 Å². The van der Waals surface area contributed by atoms with Gasteiger partial charge in [0, 0.05) is 26.2 Å². The third-order valence-corrected chi connectivity index (χ3v) is 6.65. The van der Waals surface area contributed by atoms with Gasteiger partial charge >= 0.3 is 0 Å².